The molecule has 2 rings (SSSR count). The van der Waals surface area contributed by atoms with Gasteiger partial charge in [0, 0.05) is 11.8 Å². The van der Waals surface area contributed by atoms with E-state index >= 15 is 0 Å². The SMILES string of the molecule is Nc1cc(-c2ccc(C(F)(F)F)cc2)cnc1Cl. The van der Waals surface area contributed by atoms with E-state index in [1.165, 1.54) is 18.3 Å². The lowest BCUT2D eigenvalue weighted by atomic mass is 10.1. The molecule has 0 amide bonds. The quantitative estimate of drug-likeness (QED) is 0.797. The first kappa shape index (κ1) is 12.7. The fourth-order valence-corrected chi connectivity index (χ4v) is 1.58. The number of benzene rings is 1. The van der Waals surface area contributed by atoms with E-state index in [1.54, 1.807) is 6.07 Å². The summed E-state index contributed by atoms with van der Waals surface area (Å²) >= 11 is 5.67. The van der Waals surface area contributed by atoms with Gasteiger partial charge in [-0.3, -0.25) is 0 Å². The lowest BCUT2D eigenvalue weighted by Crippen LogP contribution is -2.04. The highest BCUT2D eigenvalue weighted by atomic mass is 35.5. The summed E-state index contributed by atoms with van der Waals surface area (Å²) in [5.74, 6) is 0. The highest BCUT2D eigenvalue weighted by Crippen LogP contribution is 2.31. The van der Waals surface area contributed by atoms with Crippen LogP contribution in [0.3, 0.4) is 0 Å². The third kappa shape index (κ3) is 2.56. The van der Waals surface area contributed by atoms with Gasteiger partial charge in [-0.15, -0.1) is 0 Å². The van der Waals surface area contributed by atoms with E-state index in [0.717, 1.165) is 12.1 Å². The lowest BCUT2D eigenvalue weighted by molar-refractivity contribution is -0.137. The van der Waals surface area contributed by atoms with Gasteiger partial charge in [0.25, 0.3) is 0 Å². The molecule has 6 heteroatoms. The van der Waals surface area contributed by atoms with Crippen molar-refractivity contribution in [3.05, 3.63) is 47.2 Å². The van der Waals surface area contributed by atoms with Crippen molar-refractivity contribution in [3.63, 3.8) is 0 Å². The zero-order chi connectivity index (χ0) is 13.3. The minimum absolute atomic E-state index is 0.172. The number of aromatic nitrogens is 1. The van der Waals surface area contributed by atoms with E-state index in [2.05, 4.69) is 4.98 Å². The number of nitrogens with zero attached hydrogens (tertiary/aromatic N) is 1. The van der Waals surface area contributed by atoms with Crippen LogP contribution in [0.15, 0.2) is 36.5 Å². The van der Waals surface area contributed by atoms with Crippen molar-refractivity contribution in [1.82, 2.24) is 4.98 Å². The van der Waals surface area contributed by atoms with Crippen LogP contribution >= 0.6 is 11.6 Å². The molecule has 0 saturated carbocycles. The number of halogens is 4. The molecule has 1 heterocycles. The summed E-state index contributed by atoms with van der Waals surface area (Å²) in [6.45, 7) is 0. The van der Waals surface area contributed by atoms with Crippen LogP contribution in [0.2, 0.25) is 5.15 Å². The molecule has 2 aromatic rings. The Labute approximate surface area is 106 Å². The minimum atomic E-state index is -4.34. The highest BCUT2D eigenvalue weighted by molar-refractivity contribution is 6.31. The summed E-state index contributed by atoms with van der Waals surface area (Å²) in [7, 11) is 0. The highest BCUT2D eigenvalue weighted by Gasteiger charge is 2.29. The first-order valence-electron chi connectivity index (χ1n) is 4.96. The second-order valence-corrected chi connectivity index (χ2v) is 4.04. The topological polar surface area (TPSA) is 38.9 Å². The standard InChI is InChI=1S/C12H8ClF3N2/c13-11-10(17)5-8(6-18-11)7-1-3-9(4-2-7)12(14,15)16/h1-6H,17H2. The predicted octanol–water partition coefficient (Wildman–Crippen LogP) is 4.00. The smallest absolute Gasteiger partial charge is 0.396 e. The molecule has 2 N–H and O–H groups in total. The molecular weight excluding hydrogens is 265 g/mol. The van der Waals surface area contributed by atoms with Crippen LogP contribution in [-0.4, -0.2) is 4.98 Å². The van der Waals surface area contributed by atoms with Gasteiger partial charge < -0.3 is 5.73 Å². The van der Waals surface area contributed by atoms with E-state index in [1.807, 2.05) is 0 Å². The molecule has 0 aliphatic rings. The molecule has 18 heavy (non-hydrogen) atoms. The molecule has 2 nitrogen and oxygen atoms in total. The van der Waals surface area contributed by atoms with Crippen LogP contribution in [0.4, 0.5) is 18.9 Å². The fraction of sp³-hybridized carbons (Fsp3) is 0.0833. The molecule has 0 saturated heterocycles. The van der Waals surface area contributed by atoms with E-state index in [0.29, 0.717) is 11.1 Å². The molecule has 0 spiro atoms. The Kier molecular flexibility index (Phi) is 3.17. The predicted molar refractivity (Wildman–Crippen MR) is 64.1 cm³/mol. The lowest BCUT2D eigenvalue weighted by Gasteiger charge is -2.08. The largest absolute Gasteiger partial charge is 0.416 e. The number of anilines is 1. The van der Waals surface area contributed by atoms with Crippen molar-refractivity contribution in [3.8, 4) is 11.1 Å². The summed E-state index contributed by atoms with van der Waals surface area (Å²) < 4.78 is 37.2. The first-order chi connectivity index (χ1) is 8.38. The molecule has 0 aliphatic carbocycles. The molecule has 0 bridgehead atoms. The Hall–Kier alpha value is -1.75. The van der Waals surface area contributed by atoms with Crippen molar-refractivity contribution in [2.45, 2.75) is 6.18 Å². The van der Waals surface area contributed by atoms with E-state index in [-0.39, 0.29) is 10.8 Å². The summed E-state index contributed by atoms with van der Waals surface area (Å²) in [5, 5.41) is 0.172. The number of alkyl halides is 3. The number of rotatable bonds is 1. The maximum atomic E-state index is 12.4. The summed E-state index contributed by atoms with van der Waals surface area (Å²) in [6.07, 6.45) is -2.88. The monoisotopic (exact) mass is 272 g/mol. The minimum Gasteiger partial charge on any atom is -0.396 e. The van der Waals surface area contributed by atoms with Crippen LogP contribution < -0.4 is 5.73 Å². The van der Waals surface area contributed by atoms with Gasteiger partial charge in [0.2, 0.25) is 0 Å². The van der Waals surface area contributed by atoms with Crippen LogP contribution in [-0.2, 0) is 6.18 Å². The third-order valence-corrected chi connectivity index (χ3v) is 2.73. The van der Waals surface area contributed by atoms with E-state index < -0.39 is 11.7 Å². The van der Waals surface area contributed by atoms with Gasteiger partial charge in [-0.25, -0.2) is 4.98 Å². The molecule has 0 fully saturated rings. The average molecular weight is 273 g/mol. The van der Waals surface area contributed by atoms with Gasteiger partial charge in [0.1, 0.15) is 0 Å². The number of nitrogen functional groups attached to an aromatic ring is 1. The van der Waals surface area contributed by atoms with Crippen molar-refractivity contribution >= 4 is 17.3 Å². The molecule has 0 atom stereocenters. The fourth-order valence-electron chi connectivity index (χ4n) is 1.47. The molecular formula is C12H8ClF3N2. The molecule has 1 aromatic heterocycles. The van der Waals surface area contributed by atoms with Crippen molar-refractivity contribution < 1.29 is 13.2 Å². The molecule has 0 unspecified atom stereocenters. The normalized spacial score (nSPS) is 11.6. The van der Waals surface area contributed by atoms with Gasteiger partial charge in [-0.2, -0.15) is 13.2 Å². The van der Waals surface area contributed by atoms with Crippen molar-refractivity contribution in [1.29, 1.82) is 0 Å². The number of hydrogen-bond acceptors (Lipinski definition) is 2. The average Bonchev–Trinajstić information content (AvgIpc) is 2.32. The van der Waals surface area contributed by atoms with Crippen molar-refractivity contribution in [2.24, 2.45) is 0 Å². The Morgan fingerprint density at radius 3 is 2.17 bits per heavy atom. The number of hydrogen-bond donors (Lipinski definition) is 1. The summed E-state index contributed by atoms with van der Waals surface area (Å²) in [6, 6.07) is 6.33. The van der Waals surface area contributed by atoms with Crippen molar-refractivity contribution in [2.75, 3.05) is 5.73 Å². The zero-order valence-electron chi connectivity index (χ0n) is 9.00. The second-order valence-electron chi connectivity index (χ2n) is 3.68. The third-order valence-electron chi connectivity index (χ3n) is 2.41. The van der Waals surface area contributed by atoms with Crippen LogP contribution in [0.25, 0.3) is 11.1 Å². The molecule has 0 radical (unpaired) electrons. The summed E-state index contributed by atoms with van der Waals surface area (Å²) in [5.41, 5.74) is 6.39. The number of nitrogens with two attached hydrogens (primary N) is 1. The van der Waals surface area contributed by atoms with Gasteiger partial charge >= 0.3 is 6.18 Å². The van der Waals surface area contributed by atoms with E-state index in [9.17, 15) is 13.2 Å². The Bertz CT molecular complexity index is 565. The van der Waals surface area contributed by atoms with Gasteiger partial charge in [0.05, 0.1) is 11.3 Å². The molecule has 1 aromatic carbocycles. The maximum Gasteiger partial charge on any atom is 0.416 e. The van der Waals surface area contributed by atoms with Crippen LogP contribution in [0.5, 0.6) is 0 Å². The summed E-state index contributed by atoms with van der Waals surface area (Å²) in [4.78, 5) is 3.84. The zero-order valence-corrected chi connectivity index (χ0v) is 9.76. The second kappa shape index (κ2) is 4.49. The Morgan fingerprint density at radius 2 is 1.67 bits per heavy atom. The number of pyridine rings is 1. The van der Waals surface area contributed by atoms with Gasteiger partial charge in [-0.05, 0) is 23.8 Å². The van der Waals surface area contributed by atoms with Crippen LogP contribution in [0.1, 0.15) is 5.56 Å². The Morgan fingerprint density at radius 1 is 1.06 bits per heavy atom. The van der Waals surface area contributed by atoms with Crippen LogP contribution in [0, 0.1) is 0 Å². The van der Waals surface area contributed by atoms with Gasteiger partial charge in [-0.1, -0.05) is 23.7 Å². The molecule has 0 aliphatic heterocycles. The molecule has 94 valence electrons. The maximum absolute atomic E-state index is 12.4. The Balaban J connectivity index is 2.37. The van der Waals surface area contributed by atoms with E-state index in [4.69, 9.17) is 17.3 Å². The first-order valence-corrected chi connectivity index (χ1v) is 5.34. The van der Waals surface area contributed by atoms with Gasteiger partial charge in [0.15, 0.2) is 5.15 Å².